The fraction of sp³-hybridized carbons (Fsp3) is 0.818. The van der Waals surface area contributed by atoms with E-state index in [2.05, 4.69) is 10.0 Å². The lowest BCUT2D eigenvalue weighted by Gasteiger charge is -2.30. The van der Waals surface area contributed by atoms with E-state index < -0.39 is 22.1 Å². The molecule has 0 spiro atoms. The lowest BCUT2D eigenvalue weighted by Crippen LogP contribution is -2.49. The topological polar surface area (TPSA) is 116 Å². The van der Waals surface area contributed by atoms with Gasteiger partial charge in [0.15, 0.2) is 0 Å². The van der Waals surface area contributed by atoms with Crippen molar-refractivity contribution in [2.24, 2.45) is 5.92 Å². The Morgan fingerprint density at radius 1 is 1.45 bits per heavy atom. The summed E-state index contributed by atoms with van der Waals surface area (Å²) in [4.78, 5) is 22.0. The highest BCUT2D eigenvalue weighted by Gasteiger charge is 2.32. The smallest absolute Gasteiger partial charge is 0.307 e. The van der Waals surface area contributed by atoms with Gasteiger partial charge in [0.1, 0.15) is 0 Å². The molecular weight excluding hydrogens is 286 g/mol. The zero-order valence-electron chi connectivity index (χ0n) is 11.0. The maximum Gasteiger partial charge on any atom is 0.307 e. The van der Waals surface area contributed by atoms with Crippen LogP contribution in [0.3, 0.4) is 0 Å². The fourth-order valence-electron chi connectivity index (χ4n) is 2.49. The van der Waals surface area contributed by atoms with Crippen LogP contribution in [0.15, 0.2) is 0 Å². The average Bonchev–Trinajstić information content (AvgIpc) is 2.82. The van der Waals surface area contributed by atoms with Crippen LogP contribution in [0.25, 0.3) is 0 Å². The number of carboxylic acid groups (broad SMARTS) is 1. The molecule has 2 fully saturated rings. The Kier molecular flexibility index (Phi) is 4.61. The van der Waals surface area contributed by atoms with Crippen molar-refractivity contribution >= 4 is 22.1 Å². The zero-order chi connectivity index (χ0) is 14.8. The normalized spacial score (nSPS) is 28.3. The molecule has 0 aliphatic carbocycles. The molecule has 114 valence electrons. The molecule has 2 unspecified atom stereocenters. The highest BCUT2D eigenvalue weighted by Crippen LogP contribution is 2.18. The van der Waals surface area contributed by atoms with Gasteiger partial charge >= 0.3 is 5.97 Å². The molecule has 2 saturated heterocycles. The van der Waals surface area contributed by atoms with Crippen molar-refractivity contribution in [2.75, 3.05) is 19.6 Å². The first kappa shape index (κ1) is 15.2. The van der Waals surface area contributed by atoms with Crippen molar-refractivity contribution in [3.8, 4) is 0 Å². The van der Waals surface area contributed by atoms with E-state index in [9.17, 15) is 18.0 Å². The second-order valence-electron chi connectivity index (χ2n) is 5.19. The van der Waals surface area contributed by atoms with E-state index in [0.717, 1.165) is 0 Å². The molecule has 0 aromatic heterocycles. The van der Waals surface area contributed by atoms with Gasteiger partial charge in [0.05, 0.1) is 5.92 Å². The Labute approximate surface area is 117 Å². The molecule has 0 aromatic carbocycles. The van der Waals surface area contributed by atoms with E-state index in [-0.39, 0.29) is 25.0 Å². The van der Waals surface area contributed by atoms with Crippen molar-refractivity contribution in [1.29, 1.82) is 0 Å². The van der Waals surface area contributed by atoms with Gasteiger partial charge in [-0.2, -0.15) is 12.7 Å². The molecule has 3 N–H and O–H groups in total. The monoisotopic (exact) mass is 305 g/mol. The van der Waals surface area contributed by atoms with Crippen molar-refractivity contribution in [1.82, 2.24) is 14.3 Å². The van der Waals surface area contributed by atoms with Gasteiger partial charge in [-0.25, -0.2) is 4.72 Å². The van der Waals surface area contributed by atoms with Crippen molar-refractivity contribution in [2.45, 2.75) is 31.7 Å². The quantitative estimate of drug-likeness (QED) is 0.596. The van der Waals surface area contributed by atoms with Gasteiger partial charge in [0.2, 0.25) is 5.91 Å². The molecule has 8 nitrogen and oxygen atoms in total. The number of hydrogen-bond acceptors (Lipinski definition) is 4. The summed E-state index contributed by atoms with van der Waals surface area (Å²) in [7, 11) is -3.69. The van der Waals surface area contributed by atoms with Gasteiger partial charge in [-0.05, 0) is 19.3 Å². The number of nitrogens with zero attached hydrogens (tertiary/aromatic N) is 1. The predicted octanol–water partition coefficient (Wildman–Crippen LogP) is -1.10. The summed E-state index contributed by atoms with van der Waals surface area (Å²) in [6.45, 7) is 0.472. The third kappa shape index (κ3) is 3.68. The molecule has 2 aliphatic rings. The lowest BCUT2D eigenvalue weighted by atomic mass is 10.0. The third-order valence-electron chi connectivity index (χ3n) is 3.67. The molecule has 2 aliphatic heterocycles. The van der Waals surface area contributed by atoms with Crippen molar-refractivity contribution < 1.29 is 23.1 Å². The fourth-order valence-corrected chi connectivity index (χ4v) is 3.83. The van der Waals surface area contributed by atoms with Crippen molar-refractivity contribution in [3.05, 3.63) is 0 Å². The van der Waals surface area contributed by atoms with Gasteiger partial charge in [0, 0.05) is 32.1 Å². The van der Waals surface area contributed by atoms with Gasteiger partial charge < -0.3 is 10.4 Å². The van der Waals surface area contributed by atoms with Crippen molar-refractivity contribution in [3.63, 3.8) is 0 Å². The van der Waals surface area contributed by atoms with E-state index >= 15 is 0 Å². The number of carboxylic acids is 1. The number of piperidine rings is 1. The minimum Gasteiger partial charge on any atom is -0.481 e. The molecule has 0 bridgehead atoms. The number of nitrogens with one attached hydrogen (secondary N) is 2. The number of rotatable bonds is 5. The first-order chi connectivity index (χ1) is 9.38. The van der Waals surface area contributed by atoms with Crippen LogP contribution in [0.4, 0.5) is 0 Å². The van der Waals surface area contributed by atoms with Crippen LogP contribution >= 0.6 is 0 Å². The maximum atomic E-state index is 12.1. The molecule has 0 radical (unpaired) electrons. The maximum absolute atomic E-state index is 12.1. The molecule has 2 heterocycles. The lowest BCUT2D eigenvalue weighted by molar-refractivity contribution is -0.142. The summed E-state index contributed by atoms with van der Waals surface area (Å²) in [5.41, 5.74) is 0. The van der Waals surface area contributed by atoms with Crippen LogP contribution in [0.5, 0.6) is 0 Å². The first-order valence-corrected chi connectivity index (χ1v) is 8.09. The van der Waals surface area contributed by atoms with Crippen LogP contribution in [-0.4, -0.2) is 55.4 Å². The van der Waals surface area contributed by atoms with Gasteiger partial charge in [-0.3, -0.25) is 9.59 Å². The number of carbonyl (C=O) groups is 2. The van der Waals surface area contributed by atoms with Crippen LogP contribution in [-0.2, 0) is 19.8 Å². The van der Waals surface area contributed by atoms with E-state index in [1.807, 2.05) is 0 Å². The molecule has 2 atom stereocenters. The Bertz CT molecular complexity index is 492. The highest BCUT2D eigenvalue weighted by molar-refractivity contribution is 7.87. The molecule has 2 rings (SSSR count). The highest BCUT2D eigenvalue weighted by atomic mass is 32.2. The van der Waals surface area contributed by atoms with Gasteiger partial charge in [-0.15, -0.1) is 0 Å². The third-order valence-corrected chi connectivity index (χ3v) is 5.21. The Balaban J connectivity index is 1.89. The van der Waals surface area contributed by atoms with Crippen LogP contribution in [0.1, 0.15) is 25.7 Å². The summed E-state index contributed by atoms with van der Waals surface area (Å²) in [5.74, 6) is -1.68. The number of aliphatic carboxylic acids is 1. The Morgan fingerprint density at radius 3 is 2.80 bits per heavy atom. The summed E-state index contributed by atoms with van der Waals surface area (Å²) in [5, 5.41) is 11.6. The number of carbonyl (C=O) groups excluding carboxylic acids is 1. The van der Waals surface area contributed by atoms with E-state index in [1.54, 1.807) is 0 Å². The second kappa shape index (κ2) is 6.06. The van der Waals surface area contributed by atoms with Crippen LogP contribution in [0.2, 0.25) is 0 Å². The average molecular weight is 305 g/mol. The molecule has 0 aromatic rings. The number of amides is 1. The molecular formula is C11H19N3O5S. The molecule has 9 heteroatoms. The summed E-state index contributed by atoms with van der Waals surface area (Å²) in [6.07, 6.45) is 2.06. The Hall–Kier alpha value is -1.19. The van der Waals surface area contributed by atoms with Gasteiger partial charge in [0.25, 0.3) is 10.2 Å². The minimum absolute atomic E-state index is 0.00168. The first-order valence-electron chi connectivity index (χ1n) is 6.65. The molecule has 1 amide bonds. The van der Waals surface area contributed by atoms with E-state index in [0.29, 0.717) is 32.2 Å². The predicted molar refractivity (Wildman–Crippen MR) is 70.0 cm³/mol. The van der Waals surface area contributed by atoms with Gasteiger partial charge in [-0.1, -0.05) is 0 Å². The second-order valence-corrected chi connectivity index (χ2v) is 6.95. The summed E-state index contributed by atoms with van der Waals surface area (Å²) >= 11 is 0. The Morgan fingerprint density at radius 2 is 2.20 bits per heavy atom. The van der Waals surface area contributed by atoms with E-state index in [1.165, 1.54) is 4.31 Å². The van der Waals surface area contributed by atoms with Crippen LogP contribution < -0.4 is 10.0 Å². The minimum atomic E-state index is -3.69. The molecule has 0 saturated carbocycles. The summed E-state index contributed by atoms with van der Waals surface area (Å²) in [6, 6.07) is -0.183. The number of hydrogen-bond donors (Lipinski definition) is 3. The largest absolute Gasteiger partial charge is 0.481 e. The summed E-state index contributed by atoms with van der Waals surface area (Å²) < 4.78 is 27.8. The standard InChI is InChI=1S/C11H19N3O5S/c15-10-4-3-9(13-10)6-12-20(18,19)14-5-1-2-8(7-14)11(16)17/h8-9,12H,1-7H2,(H,13,15)(H,16,17). The molecule has 20 heavy (non-hydrogen) atoms. The zero-order valence-corrected chi connectivity index (χ0v) is 11.9. The van der Waals surface area contributed by atoms with E-state index in [4.69, 9.17) is 5.11 Å². The SMILES string of the molecule is O=C1CCC(CNS(=O)(=O)N2CCCC(C(=O)O)C2)N1. The van der Waals surface area contributed by atoms with Crippen LogP contribution in [0, 0.1) is 5.92 Å².